The van der Waals surface area contributed by atoms with Gasteiger partial charge in [-0.15, -0.1) is 0 Å². The zero-order valence-corrected chi connectivity index (χ0v) is 13.7. The second-order valence-corrected chi connectivity index (χ2v) is 6.24. The molecule has 3 rings (SSSR count). The molecule has 2 unspecified atom stereocenters. The molecule has 1 amide bonds. The Kier molecular flexibility index (Phi) is 5.08. The topological polar surface area (TPSA) is 110 Å². The number of aliphatic hydroxyl groups is 1. The van der Waals surface area contributed by atoms with Crippen molar-refractivity contribution in [1.29, 1.82) is 0 Å². The van der Waals surface area contributed by atoms with E-state index in [2.05, 4.69) is 10.3 Å². The fourth-order valence-corrected chi connectivity index (χ4v) is 3.30. The van der Waals surface area contributed by atoms with Crippen LogP contribution >= 0.6 is 0 Å². The van der Waals surface area contributed by atoms with Gasteiger partial charge in [-0.25, -0.2) is 4.98 Å². The molecule has 1 fully saturated rings. The standard InChI is InChI=1S/C17H20N4O4/c22-10-13-3-1-2-4-14(13)19-17(23)12-5-6-15(16(9-12)21(24)25)20-8-7-18-11-20/h5-9,11,13-14,22H,1-4,10H2,(H,19,23). The van der Waals surface area contributed by atoms with Crippen molar-refractivity contribution in [1.82, 2.24) is 14.9 Å². The molecule has 0 spiro atoms. The second kappa shape index (κ2) is 7.43. The molecule has 1 aliphatic carbocycles. The third kappa shape index (κ3) is 3.69. The molecule has 1 aromatic carbocycles. The molecule has 1 aliphatic rings. The van der Waals surface area contributed by atoms with Gasteiger partial charge in [0.05, 0.1) is 11.3 Å². The third-order valence-electron chi connectivity index (χ3n) is 4.68. The van der Waals surface area contributed by atoms with Gasteiger partial charge in [0.15, 0.2) is 0 Å². The molecule has 0 bridgehead atoms. The molecule has 1 aromatic heterocycles. The summed E-state index contributed by atoms with van der Waals surface area (Å²) >= 11 is 0. The number of nitro groups is 1. The predicted octanol–water partition coefficient (Wildman–Crippen LogP) is 2.06. The van der Waals surface area contributed by atoms with E-state index in [-0.39, 0.29) is 35.7 Å². The van der Waals surface area contributed by atoms with Gasteiger partial charge in [0.1, 0.15) is 5.69 Å². The van der Waals surface area contributed by atoms with Gasteiger partial charge < -0.3 is 15.0 Å². The highest BCUT2D eigenvalue weighted by Crippen LogP contribution is 2.26. The lowest BCUT2D eigenvalue weighted by Gasteiger charge is -2.30. The van der Waals surface area contributed by atoms with Crippen molar-refractivity contribution in [2.75, 3.05) is 6.61 Å². The van der Waals surface area contributed by atoms with E-state index in [1.165, 1.54) is 23.2 Å². The van der Waals surface area contributed by atoms with Crippen LogP contribution in [0.4, 0.5) is 5.69 Å². The highest BCUT2D eigenvalue weighted by atomic mass is 16.6. The Labute approximate surface area is 144 Å². The fraction of sp³-hybridized carbons (Fsp3) is 0.412. The monoisotopic (exact) mass is 344 g/mol. The molecule has 2 atom stereocenters. The SMILES string of the molecule is O=C(NC1CCCCC1CO)c1ccc(-n2ccnc2)c([N+](=O)[O-])c1. The Balaban J connectivity index is 1.83. The number of aromatic nitrogens is 2. The van der Waals surface area contributed by atoms with Gasteiger partial charge in [-0.2, -0.15) is 0 Å². The molecular weight excluding hydrogens is 324 g/mol. The Hall–Kier alpha value is -2.74. The summed E-state index contributed by atoms with van der Waals surface area (Å²) in [7, 11) is 0. The smallest absolute Gasteiger partial charge is 0.294 e. The number of amides is 1. The lowest BCUT2D eigenvalue weighted by atomic mass is 9.85. The summed E-state index contributed by atoms with van der Waals surface area (Å²) in [5.74, 6) is -0.316. The summed E-state index contributed by atoms with van der Waals surface area (Å²) < 4.78 is 1.53. The lowest BCUT2D eigenvalue weighted by Crippen LogP contribution is -2.43. The summed E-state index contributed by atoms with van der Waals surface area (Å²) in [6.45, 7) is 0.0324. The average Bonchev–Trinajstić information content (AvgIpc) is 3.16. The first-order chi connectivity index (χ1) is 12.1. The van der Waals surface area contributed by atoms with E-state index in [0.717, 1.165) is 25.7 Å². The number of carbonyl (C=O) groups is 1. The van der Waals surface area contributed by atoms with Crippen LogP contribution in [0.5, 0.6) is 0 Å². The number of hydrogen-bond acceptors (Lipinski definition) is 5. The number of nitrogens with one attached hydrogen (secondary N) is 1. The Morgan fingerprint density at radius 2 is 2.20 bits per heavy atom. The first kappa shape index (κ1) is 17.1. The van der Waals surface area contributed by atoms with Gasteiger partial charge in [0.25, 0.3) is 11.6 Å². The number of carbonyl (C=O) groups excluding carboxylic acids is 1. The van der Waals surface area contributed by atoms with Gasteiger partial charge in [-0.05, 0) is 25.0 Å². The van der Waals surface area contributed by atoms with Crippen molar-refractivity contribution >= 4 is 11.6 Å². The molecule has 2 N–H and O–H groups in total. The number of benzene rings is 1. The molecule has 0 saturated heterocycles. The van der Waals surface area contributed by atoms with Gasteiger partial charge in [-0.1, -0.05) is 12.8 Å². The van der Waals surface area contributed by atoms with Crippen molar-refractivity contribution in [3.05, 3.63) is 52.6 Å². The van der Waals surface area contributed by atoms with E-state index in [9.17, 15) is 20.0 Å². The van der Waals surface area contributed by atoms with Crippen LogP contribution in [-0.4, -0.2) is 38.1 Å². The van der Waals surface area contributed by atoms with Crippen LogP contribution in [0.25, 0.3) is 5.69 Å². The van der Waals surface area contributed by atoms with Gasteiger partial charge >= 0.3 is 0 Å². The average molecular weight is 344 g/mol. The minimum Gasteiger partial charge on any atom is -0.396 e. The van der Waals surface area contributed by atoms with Gasteiger partial charge in [0, 0.05) is 42.6 Å². The molecule has 8 nitrogen and oxygen atoms in total. The molecular formula is C17H20N4O4. The van der Waals surface area contributed by atoms with E-state index < -0.39 is 4.92 Å². The minimum atomic E-state index is -0.511. The molecule has 8 heteroatoms. The number of aliphatic hydroxyl groups excluding tert-OH is 1. The largest absolute Gasteiger partial charge is 0.396 e. The molecule has 25 heavy (non-hydrogen) atoms. The van der Waals surface area contributed by atoms with E-state index in [4.69, 9.17) is 0 Å². The van der Waals surface area contributed by atoms with Crippen molar-refractivity contribution in [2.45, 2.75) is 31.7 Å². The maximum absolute atomic E-state index is 12.5. The fourth-order valence-electron chi connectivity index (χ4n) is 3.30. The number of hydrogen-bond donors (Lipinski definition) is 2. The number of nitrogens with zero attached hydrogens (tertiary/aromatic N) is 3. The van der Waals surface area contributed by atoms with Crippen LogP contribution in [0.3, 0.4) is 0 Å². The molecule has 132 valence electrons. The van der Waals surface area contributed by atoms with E-state index in [1.807, 2.05) is 0 Å². The Morgan fingerprint density at radius 1 is 1.40 bits per heavy atom. The lowest BCUT2D eigenvalue weighted by molar-refractivity contribution is -0.384. The maximum atomic E-state index is 12.5. The van der Waals surface area contributed by atoms with Crippen molar-refractivity contribution < 1.29 is 14.8 Å². The van der Waals surface area contributed by atoms with Gasteiger partial charge in [-0.3, -0.25) is 14.9 Å². The number of imidazole rings is 1. The summed E-state index contributed by atoms with van der Waals surface area (Å²) in [6.07, 6.45) is 8.34. The summed E-state index contributed by atoms with van der Waals surface area (Å²) in [4.78, 5) is 27.3. The van der Waals surface area contributed by atoms with Crippen LogP contribution in [0, 0.1) is 16.0 Å². The minimum absolute atomic E-state index is 0.0324. The predicted molar refractivity (Wildman–Crippen MR) is 90.5 cm³/mol. The first-order valence-electron chi connectivity index (χ1n) is 8.28. The zero-order chi connectivity index (χ0) is 17.8. The van der Waals surface area contributed by atoms with Crippen LogP contribution < -0.4 is 5.32 Å². The van der Waals surface area contributed by atoms with Crippen LogP contribution in [0.1, 0.15) is 36.0 Å². The maximum Gasteiger partial charge on any atom is 0.294 e. The Bertz CT molecular complexity index is 760. The van der Waals surface area contributed by atoms with E-state index in [0.29, 0.717) is 5.69 Å². The first-order valence-corrected chi connectivity index (χ1v) is 8.28. The highest BCUT2D eigenvalue weighted by molar-refractivity contribution is 5.95. The normalized spacial score (nSPS) is 20.2. The highest BCUT2D eigenvalue weighted by Gasteiger charge is 2.27. The van der Waals surface area contributed by atoms with Crippen LogP contribution in [-0.2, 0) is 0 Å². The van der Waals surface area contributed by atoms with Crippen molar-refractivity contribution in [3.8, 4) is 5.69 Å². The molecule has 2 aromatic rings. The second-order valence-electron chi connectivity index (χ2n) is 6.24. The molecule has 0 radical (unpaired) electrons. The van der Waals surface area contributed by atoms with Gasteiger partial charge in [0.2, 0.25) is 0 Å². The number of nitro benzene ring substituents is 1. The van der Waals surface area contributed by atoms with Crippen molar-refractivity contribution in [3.63, 3.8) is 0 Å². The molecule has 0 aliphatic heterocycles. The van der Waals surface area contributed by atoms with E-state index >= 15 is 0 Å². The zero-order valence-electron chi connectivity index (χ0n) is 13.7. The van der Waals surface area contributed by atoms with Crippen molar-refractivity contribution in [2.24, 2.45) is 5.92 Å². The molecule has 1 heterocycles. The Morgan fingerprint density at radius 3 is 2.88 bits per heavy atom. The molecule has 1 saturated carbocycles. The van der Waals surface area contributed by atoms with E-state index in [1.54, 1.807) is 18.3 Å². The van der Waals surface area contributed by atoms with Crippen LogP contribution in [0.2, 0.25) is 0 Å². The summed E-state index contributed by atoms with van der Waals surface area (Å²) in [5, 5.41) is 23.8. The third-order valence-corrected chi connectivity index (χ3v) is 4.68. The number of rotatable bonds is 5. The summed E-state index contributed by atoms with van der Waals surface area (Å²) in [5.41, 5.74) is 0.427. The quantitative estimate of drug-likeness (QED) is 0.637. The van der Waals surface area contributed by atoms with Crippen LogP contribution in [0.15, 0.2) is 36.9 Å². The summed E-state index contributed by atoms with van der Waals surface area (Å²) in [6, 6.07) is 4.29.